The minimum atomic E-state index is -0.863. The van der Waals surface area contributed by atoms with Crippen LogP contribution in [0.4, 0.5) is 4.79 Å². The molecule has 0 aromatic carbocycles. The van der Waals surface area contributed by atoms with Gasteiger partial charge in [0, 0.05) is 20.6 Å². The van der Waals surface area contributed by atoms with Crippen LogP contribution in [-0.4, -0.2) is 64.8 Å². The minimum absolute atomic E-state index is 0.155. The van der Waals surface area contributed by atoms with Crippen molar-refractivity contribution in [1.29, 1.82) is 0 Å². The van der Waals surface area contributed by atoms with Gasteiger partial charge in [0.05, 0.1) is 0 Å². The number of carbonyl (C=O) groups is 3. The summed E-state index contributed by atoms with van der Waals surface area (Å²) >= 11 is 0. The Bertz CT molecular complexity index is 405. The standard InChI is InChI=1S/C11H17N3O3/c1-11(2)9(16)14(10(17)13(11)4)7-5-6-12(3)8(7)15/h7H,5-6H2,1-4H3. The SMILES string of the molecule is CN1CCC(N2C(=O)N(C)C(C)(C)C2=O)C1=O. The molecule has 2 heterocycles. The first-order valence-electron chi connectivity index (χ1n) is 5.65. The van der Waals surface area contributed by atoms with Crippen molar-refractivity contribution in [3.63, 3.8) is 0 Å². The number of amides is 4. The zero-order chi connectivity index (χ0) is 13.0. The van der Waals surface area contributed by atoms with E-state index in [-0.39, 0.29) is 17.8 Å². The van der Waals surface area contributed by atoms with E-state index in [1.165, 1.54) is 4.90 Å². The summed E-state index contributed by atoms with van der Waals surface area (Å²) in [7, 11) is 3.27. The molecule has 0 spiro atoms. The Morgan fingerprint density at radius 3 is 2.12 bits per heavy atom. The second-order valence-electron chi connectivity index (χ2n) is 5.14. The van der Waals surface area contributed by atoms with Crippen LogP contribution < -0.4 is 0 Å². The minimum Gasteiger partial charge on any atom is -0.344 e. The van der Waals surface area contributed by atoms with E-state index in [4.69, 9.17) is 0 Å². The van der Waals surface area contributed by atoms with Crippen LogP contribution in [0.5, 0.6) is 0 Å². The van der Waals surface area contributed by atoms with Crippen LogP contribution in [0, 0.1) is 0 Å². The summed E-state index contributed by atoms with van der Waals surface area (Å²) in [5.41, 5.74) is -0.863. The molecule has 0 aromatic rings. The number of rotatable bonds is 1. The predicted octanol–water partition coefficient (Wildman–Crippen LogP) is -0.110. The van der Waals surface area contributed by atoms with Crippen molar-refractivity contribution in [2.24, 2.45) is 0 Å². The fourth-order valence-corrected chi connectivity index (χ4v) is 2.24. The highest BCUT2D eigenvalue weighted by atomic mass is 16.2. The summed E-state index contributed by atoms with van der Waals surface area (Å²) in [6.07, 6.45) is 0.525. The Balaban J connectivity index is 2.32. The lowest BCUT2D eigenvalue weighted by Crippen LogP contribution is -2.46. The number of imide groups is 1. The highest BCUT2D eigenvalue weighted by Crippen LogP contribution is 2.30. The van der Waals surface area contributed by atoms with E-state index in [0.29, 0.717) is 13.0 Å². The number of hydrogen-bond acceptors (Lipinski definition) is 3. The van der Waals surface area contributed by atoms with Crippen LogP contribution >= 0.6 is 0 Å². The molecule has 2 saturated heterocycles. The molecule has 0 saturated carbocycles. The summed E-state index contributed by atoms with van der Waals surface area (Å²) in [5, 5.41) is 0. The maximum absolute atomic E-state index is 12.2. The third-order valence-corrected chi connectivity index (χ3v) is 3.78. The van der Waals surface area contributed by atoms with Crippen molar-refractivity contribution in [3.05, 3.63) is 0 Å². The lowest BCUT2D eigenvalue weighted by atomic mass is 10.0. The van der Waals surface area contributed by atoms with E-state index >= 15 is 0 Å². The molecule has 0 radical (unpaired) electrons. The van der Waals surface area contributed by atoms with Crippen LogP contribution in [-0.2, 0) is 9.59 Å². The van der Waals surface area contributed by atoms with Crippen molar-refractivity contribution >= 4 is 17.8 Å². The molecule has 2 aliphatic heterocycles. The zero-order valence-corrected chi connectivity index (χ0v) is 10.6. The molecule has 2 aliphatic rings. The Labute approximate surface area is 100 Å². The summed E-state index contributed by atoms with van der Waals surface area (Å²) in [4.78, 5) is 40.1. The molecule has 0 aromatic heterocycles. The van der Waals surface area contributed by atoms with Crippen molar-refractivity contribution in [2.75, 3.05) is 20.6 Å². The van der Waals surface area contributed by atoms with Gasteiger partial charge in [-0.2, -0.15) is 0 Å². The molecular formula is C11H17N3O3. The quantitative estimate of drug-likeness (QED) is 0.600. The Hall–Kier alpha value is -1.59. The van der Waals surface area contributed by atoms with E-state index in [1.54, 1.807) is 32.8 Å². The van der Waals surface area contributed by atoms with Crippen molar-refractivity contribution in [1.82, 2.24) is 14.7 Å². The molecule has 6 nitrogen and oxygen atoms in total. The van der Waals surface area contributed by atoms with Crippen LogP contribution in [0.3, 0.4) is 0 Å². The topological polar surface area (TPSA) is 60.9 Å². The highest BCUT2D eigenvalue weighted by Gasteiger charge is 2.54. The van der Waals surface area contributed by atoms with Gasteiger partial charge in [0.2, 0.25) is 5.91 Å². The summed E-state index contributed by atoms with van der Waals surface area (Å²) in [5.74, 6) is -0.448. The lowest BCUT2D eigenvalue weighted by molar-refractivity contribution is -0.139. The Morgan fingerprint density at radius 1 is 1.18 bits per heavy atom. The van der Waals surface area contributed by atoms with Crippen LogP contribution in [0.25, 0.3) is 0 Å². The third kappa shape index (κ3) is 1.43. The van der Waals surface area contributed by atoms with Gasteiger partial charge in [-0.3, -0.25) is 9.59 Å². The fraction of sp³-hybridized carbons (Fsp3) is 0.727. The molecule has 94 valence electrons. The molecule has 2 fully saturated rings. The summed E-state index contributed by atoms with van der Waals surface area (Å²) < 4.78 is 0. The molecule has 4 amide bonds. The number of likely N-dealkylation sites (N-methyl/N-ethyl adjacent to an activating group) is 2. The molecule has 0 N–H and O–H groups in total. The maximum Gasteiger partial charge on any atom is 0.328 e. The van der Waals surface area contributed by atoms with E-state index in [1.807, 2.05) is 0 Å². The van der Waals surface area contributed by atoms with Crippen LogP contribution in [0.2, 0.25) is 0 Å². The number of carbonyl (C=O) groups excluding carboxylic acids is 3. The normalized spacial score (nSPS) is 28.6. The van der Waals surface area contributed by atoms with E-state index in [9.17, 15) is 14.4 Å². The predicted molar refractivity (Wildman–Crippen MR) is 60.1 cm³/mol. The molecule has 0 aliphatic carbocycles. The Morgan fingerprint density at radius 2 is 1.76 bits per heavy atom. The average molecular weight is 239 g/mol. The second-order valence-corrected chi connectivity index (χ2v) is 5.14. The van der Waals surface area contributed by atoms with Crippen molar-refractivity contribution in [3.8, 4) is 0 Å². The van der Waals surface area contributed by atoms with Gasteiger partial charge in [0.25, 0.3) is 5.91 Å². The van der Waals surface area contributed by atoms with Gasteiger partial charge in [0.15, 0.2) is 0 Å². The fourth-order valence-electron chi connectivity index (χ4n) is 2.24. The number of nitrogens with zero attached hydrogens (tertiary/aromatic N) is 3. The van der Waals surface area contributed by atoms with Gasteiger partial charge in [0.1, 0.15) is 11.6 Å². The molecule has 1 unspecified atom stereocenters. The zero-order valence-electron chi connectivity index (χ0n) is 10.6. The molecule has 6 heteroatoms. The number of hydrogen-bond donors (Lipinski definition) is 0. The monoisotopic (exact) mass is 239 g/mol. The van der Waals surface area contributed by atoms with Crippen LogP contribution in [0.1, 0.15) is 20.3 Å². The van der Waals surface area contributed by atoms with Gasteiger partial charge >= 0.3 is 6.03 Å². The average Bonchev–Trinajstić information content (AvgIpc) is 2.65. The van der Waals surface area contributed by atoms with Gasteiger partial charge in [-0.25, -0.2) is 9.69 Å². The van der Waals surface area contributed by atoms with E-state index in [2.05, 4.69) is 0 Å². The van der Waals surface area contributed by atoms with Gasteiger partial charge in [-0.1, -0.05) is 0 Å². The van der Waals surface area contributed by atoms with E-state index < -0.39 is 11.6 Å². The first-order chi connectivity index (χ1) is 7.78. The number of urea groups is 1. The summed E-state index contributed by atoms with van der Waals surface area (Å²) in [6, 6.07) is -1.00. The van der Waals surface area contributed by atoms with E-state index in [0.717, 1.165) is 4.90 Å². The van der Waals surface area contributed by atoms with Gasteiger partial charge in [-0.15, -0.1) is 0 Å². The molecule has 2 rings (SSSR count). The summed E-state index contributed by atoms with van der Waals surface area (Å²) in [6.45, 7) is 3.97. The molecule has 0 bridgehead atoms. The lowest BCUT2D eigenvalue weighted by Gasteiger charge is -2.22. The second kappa shape index (κ2) is 3.45. The van der Waals surface area contributed by atoms with Gasteiger partial charge in [-0.05, 0) is 20.3 Å². The van der Waals surface area contributed by atoms with Crippen molar-refractivity contribution in [2.45, 2.75) is 31.8 Å². The largest absolute Gasteiger partial charge is 0.344 e. The van der Waals surface area contributed by atoms with Crippen LogP contribution in [0.15, 0.2) is 0 Å². The molecule has 17 heavy (non-hydrogen) atoms. The molecular weight excluding hydrogens is 222 g/mol. The number of likely N-dealkylation sites (tertiary alicyclic amines) is 1. The first kappa shape index (κ1) is 11.9. The Kier molecular flexibility index (Phi) is 2.41. The smallest absolute Gasteiger partial charge is 0.328 e. The molecule has 1 atom stereocenters. The first-order valence-corrected chi connectivity index (χ1v) is 5.65. The maximum atomic E-state index is 12.2. The highest BCUT2D eigenvalue weighted by molar-refractivity contribution is 6.09. The van der Waals surface area contributed by atoms with Crippen molar-refractivity contribution < 1.29 is 14.4 Å². The van der Waals surface area contributed by atoms with Gasteiger partial charge < -0.3 is 9.80 Å². The third-order valence-electron chi connectivity index (χ3n) is 3.78.